The molecule has 1 aliphatic heterocycles. The first-order valence-corrected chi connectivity index (χ1v) is 14.0. The molecule has 1 aromatic heterocycles. The SMILES string of the molecule is CCOC(=O)C1=C(C(F)(F)F)N=c2s/c(=C\c3cc(Br)c(OC(C)=O)c(OCC)c3)c(=O)n2[C@@H]1c1ccc(Cl)cc1. The predicted molar refractivity (Wildman–Crippen MR) is 149 cm³/mol. The van der Waals surface area contributed by atoms with Crippen LogP contribution in [0.2, 0.25) is 5.02 Å². The van der Waals surface area contributed by atoms with Crippen LogP contribution in [-0.2, 0) is 14.3 Å². The van der Waals surface area contributed by atoms with Gasteiger partial charge in [-0.2, -0.15) is 13.2 Å². The van der Waals surface area contributed by atoms with Gasteiger partial charge in [0, 0.05) is 11.9 Å². The number of hydrogen-bond acceptors (Lipinski definition) is 8. The molecule has 0 bridgehead atoms. The van der Waals surface area contributed by atoms with Gasteiger partial charge in [0.1, 0.15) is 0 Å². The second-order valence-corrected chi connectivity index (χ2v) is 10.8. The molecule has 0 radical (unpaired) electrons. The highest BCUT2D eigenvalue weighted by Gasteiger charge is 2.45. The van der Waals surface area contributed by atoms with E-state index < -0.39 is 41.0 Å². The van der Waals surface area contributed by atoms with Crippen LogP contribution in [0.15, 0.2) is 61.9 Å². The summed E-state index contributed by atoms with van der Waals surface area (Å²) < 4.78 is 60.0. The van der Waals surface area contributed by atoms with Gasteiger partial charge in [-0.05, 0) is 71.2 Å². The lowest BCUT2D eigenvalue weighted by Gasteiger charge is -2.26. The Bertz CT molecular complexity index is 1730. The van der Waals surface area contributed by atoms with E-state index in [0.29, 0.717) is 15.1 Å². The summed E-state index contributed by atoms with van der Waals surface area (Å²) in [4.78, 5) is 41.7. The zero-order valence-electron chi connectivity index (χ0n) is 21.7. The Morgan fingerprint density at radius 1 is 1.17 bits per heavy atom. The van der Waals surface area contributed by atoms with Crippen molar-refractivity contribution in [2.45, 2.75) is 33.0 Å². The largest absolute Gasteiger partial charge is 0.490 e. The van der Waals surface area contributed by atoms with Gasteiger partial charge in [0.05, 0.1) is 33.8 Å². The Morgan fingerprint density at radius 3 is 2.44 bits per heavy atom. The summed E-state index contributed by atoms with van der Waals surface area (Å²) in [7, 11) is 0. The highest BCUT2D eigenvalue weighted by Crippen LogP contribution is 2.39. The van der Waals surface area contributed by atoms with Crippen LogP contribution < -0.4 is 24.4 Å². The molecule has 3 aromatic rings. The second kappa shape index (κ2) is 12.2. The lowest BCUT2D eigenvalue weighted by Crippen LogP contribution is -2.41. The van der Waals surface area contributed by atoms with Crippen LogP contribution in [0.5, 0.6) is 11.5 Å². The Hall–Kier alpha value is -3.42. The third-order valence-corrected chi connectivity index (χ3v) is 7.48. The molecule has 216 valence electrons. The molecule has 4 rings (SSSR count). The Kier molecular flexibility index (Phi) is 9.10. The molecular formula is C27H21BrClF3N2O6S. The number of aromatic nitrogens is 1. The van der Waals surface area contributed by atoms with Gasteiger partial charge in [0.15, 0.2) is 22.0 Å². The van der Waals surface area contributed by atoms with E-state index in [1.165, 1.54) is 50.3 Å². The zero-order valence-corrected chi connectivity index (χ0v) is 24.8. The predicted octanol–water partition coefficient (Wildman–Crippen LogP) is 5.08. The fourth-order valence-electron chi connectivity index (χ4n) is 4.13. The van der Waals surface area contributed by atoms with Gasteiger partial charge in [-0.15, -0.1) is 0 Å². The van der Waals surface area contributed by atoms with Gasteiger partial charge in [0.2, 0.25) is 0 Å². The number of carbonyl (C=O) groups is 2. The van der Waals surface area contributed by atoms with E-state index in [4.69, 9.17) is 25.8 Å². The normalized spacial score (nSPS) is 15.3. The second-order valence-electron chi connectivity index (χ2n) is 8.47. The van der Waals surface area contributed by atoms with Crippen molar-refractivity contribution >= 4 is 56.9 Å². The topological polar surface area (TPSA) is 96.2 Å². The third kappa shape index (κ3) is 6.41. The van der Waals surface area contributed by atoms with Crippen molar-refractivity contribution in [3.63, 3.8) is 0 Å². The highest BCUT2D eigenvalue weighted by atomic mass is 79.9. The van der Waals surface area contributed by atoms with E-state index in [9.17, 15) is 27.6 Å². The van der Waals surface area contributed by atoms with Gasteiger partial charge in [-0.1, -0.05) is 35.1 Å². The summed E-state index contributed by atoms with van der Waals surface area (Å²) in [6.45, 7) is 4.47. The minimum absolute atomic E-state index is 0.0314. The van der Waals surface area contributed by atoms with Gasteiger partial charge in [-0.25, -0.2) is 9.79 Å². The molecule has 1 aliphatic rings. The molecular weight excluding hydrogens is 653 g/mol. The molecule has 0 fully saturated rings. The smallest absolute Gasteiger partial charge is 0.434 e. The first-order valence-electron chi connectivity index (χ1n) is 12.1. The van der Waals surface area contributed by atoms with Crippen molar-refractivity contribution in [2.75, 3.05) is 13.2 Å². The summed E-state index contributed by atoms with van der Waals surface area (Å²) in [6, 6.07) is 7.34. The number of fused-ring (bicyclic) bond motifs is 1. The van der Waals surface area contributed by atoms with Crippen LogP contribution in [-0.4, -0.2) is 35.9 Å². The molecule has 14 heteroatoms. The Morgan fingerprint density at radius 2 is 1.85 bits per heavy atom. The lowest BCUT2D eigenvalue weighted by molar-refractivity contribution is -0.140. The molecule has 0 aliphatic carbocycles. The van der Waals surface area contributed by atoms with E-state index in [2.05, 4.69) is 20.9 Å². The minimum Gasteiger partial charge on any atom is -0.490 e. The maximum absolute atomic E-state index is 14.3. The van der Waals surface area contributed by atoms with E-state index in [1.54, 1.807) is 13.0 Å². The monoisotopic (exact) mass is 672 g/mol. The molecule has 0 saturated heterocycles. The van der Waals surface area contributed by atoms with Crippen LogP contribution in [0.3, 0.4) is 0 Å². The van der Waals surface area contributed by atoms with Crippen LogP contribution in [0, 0.1) is 0 Å². The summed E-state index contributed by atoms with van der Waals surface area (Å²) >= 11 is 10.0. The van der Waals surface area contributed by atoms with Crippen molar-refractivity contribution in [2.24, 2.45) is 4.99 Å². The van der Waals surface area contributed by atoms with E-state index in [-0.39, 0.29) is 39.6 Å². The molecule has 0 saturated carbocycles. The van der Waals surface area contributed by atoms with Crippen LogP contribution >= 0.6 is 38.9 Å². The summed E-state index contributed by atoms with van der Waals surface area (Å²) in [5.41, 5.74) is -2.32. The number of carbonyl (C=O) groups excluding carboxylic acids is 2. The number of benzene rings is 2. The van der Waals surface area contributed by atoms with Gasteiger partial charge in [-0.3, -0.25) is 14.2 Å². The van der Waals surface area contributed by atoms with Crippen molar-refractivity contribution in [1.82, 2.24) is 4.57 Å². The first kappa shape index (κ1) is 30.5. The van der Waals surface area contributed by atoms with Gasteiger partial charge < -0.3 is 14.2 Å². The first-order chi connectivity index (χ1) is 19.3. The fraction of sp³-hybridized carbons (Fsp3) is 0.259. The number of thiazole rings is 1. The number of alkyl halides is 3. The third-order valence-electron chi connectivity index (χ3n) is 5.66. The number of halogens is 5. The molecule has 2 aromatic carbocycles. The molecule has 8 nitrogen and oxygen atoms in total. The highest BCUT2D eigenvalue weighted by molar-refractivity contribution is 9.10. The maximum Gasteiger partial charge on any atom is 0.434 e. The summed E-state index contributed by atoms with van der Waals surface area (Å²) in [6.07, 6.45) is -3.58. The van der Waals surface area contributed by atoms with Gasteiger partial charge >= 0.3 is 18.1 Å². The number of ether oxygens (including phenoxy) is 3. The van der Waals surface area contributed by atoms with Crippen LogP contribution in [0.4, 0.5) is 13.2 Å². The average Bonchev–Trinajstić information content (AvgIpc) is 3.20. The summed E-state index contributed by atoms with van der Waals surface area (Å²) in [5, 5.41) is 0.312. The van der Waals surface area contributed by atoms with Crippen molar-refractivity contribution in [3.8, 4) is 11.5 Å². The molecule has 41 heavy (non-hydrogen) atoms. The van der Waals surface area contributed by atoms with Crippen molar-refractivity contribution < 1.29 is 37.0 Å². The molecule has 0 N–H and O–H groups in total. The van der Waals surface area contributed by atoms with E-state index >= 15 is 0 Å². The van der Waals surface area contributed by atoms with E-state index in [1.807, 2.05) is 0 Å². The van der Waals surface area contributed by atoms with Crippen molar-refractivity contribution in [1.29, 1.82) is 0 Å². The number of esters is 2. The number of nitrogens with zero attached hydrogens (tertiary/aromatic N) is 2. The van der Waals surface area contributed by atoms with Crippen LogP contribution in [0.1, 0.15) is 37.9 Å². The number of rotatable bonds is 7. The molecule has 0 spiro atoms. The average molecular weight is 674 g/mol. The number of hydrogen-bond donors (Lipinski definition) is 0. The maximum atomic E-state index is 14.3. The Labute approximate surface area is 248 Å². The van der Waals surface area contributed by atoms with Gasteiger partial charge in [0.25, 0.3) is 5.56 Å². The van der Waals surface area contributed by atoms with E-state index in [0.717, 1.165) is 15.9 Å². The van der Waals surface area contributed by atoms with Crippen LogP contribution in [0.25, 0.3) is 6.08 Å². The molecule has 0 amide bonds. The van der Waals surface area contributed by atoms with Crippen molar-refractivity contribution in [3.05, 3.63) is 88.0 Å². The standard InChI is InChI=1S/C27H21BrClF3N2O6S/c1-4-38-18-11-14(10-17(28)22(18)40-13(3)35)12-19-24(36)34-21(15-6-8-16(29)9-7-15)20(25(37)39-5-2)23(27(30,31)32)33-26(34)41-19/h6-12,21H,4-5H2,1-3H3/b19-12-/t21-/m1/s1. The summed E-state index contributed by atoms with van der Waals surface area (Å²) in [5.74, 6) is -1.48. The Balaban J connectivity index is 2.00. The molecule has 0 unspecified atom stereocenters. The lowest BCUT2D eigenvalue weighted by atomic mass is 9.95. The quantitative estimate of drug-likeness (QED) is 0.257. The molecule has 1 atom stereocenters. The fourth-order valence-corrected chi connectivity index (χ4v) is 5.80. The zero-order chi connectivity index (χ0) is 30.1. The number of allylic oxidation sites excluding steroid dienone is 1. The minimum atomic E-state index is -5.02. The molecule has 2 heterocycles.